The van der Waals surface area contributed by atoms with Crippen molar-refractivity contribution in [2.24, 2.45) is 11.3 Å². The minimum atomic E-state index is -0.966. The number of carbonyl (C=O) groups excluding carboxylic acids is 2. The second kappa shape index (κ2) is 8.68. The predicted molar refractivity (Wildman–Crippen MR) is 95.0 cm³/mol. The number of carboxylic acid groups (broad SMARTS) is 1. The van der Waals surface area contributed by atoms with Gasteiger partial charge in [-0.1, -0.05) is 33.1 Å². The quantitative estimate of drug-likeness (QED) is 0.797. The predicted octanol–water partition coefficient (Wildman–Crippen LogP) is 2.52. The smallest absolute Gasteiger partial charge is 0.310 e. The largest absolute Gasteiger partial charge is 0.481 e. The van der Waals surface area contributed by atoms with E-state index in [-0.39, 0.29) is 24.2 Å². The standard InChI is InChI=1S/C19H32N2O4/c1-3-19(4-2,18(24)25)14-16(22)20-10-12-21(13-11-20)17(23)15-8-6-5-7-9-15/h15H,3-14H2,1-2H3,(H,24,25). The van der Waals surface area contributed by atoms with Crippen molar-refractivity contribution in [3.63, 3.8) is 0 Å². The molecule has 1 saturated heterocycles. The molecule has 0 atom stereocenters. The van der Waals surface area contributed by atoms with E-state index in [0.29, 0.717) is 39.0 Å². The number of aliphatic carboxylic acids is 1. The van der Waals surface area contributed by atoms with Gasteiger partial charge in [-0.15, -0.1) is 0 Å². The molecule has 1 aliphatic heterocycles. The highest BCUT2D eigenvalue weighted by molar-refractivity contribution is 5.85. The van der Waals surface area contributed by atoms with Crippen molar-refractivity contribution in [1.29, 1.82) is 0 Å². The zero-order chi connectivity index (χ0) is 18.4. The van der Waals surface area contributed by atoms with Gasteiger partial charge in [-0.05, 0) is 25.7 Å². The Morgan fingerprint density at radius 1 is 0.920 bits per heavy atom. The SMILES string of the molecule is CCC(CC)(CC(=O)N1CCN(C(=O)C2CCCCC2)CC1)C(=O)O. The monoisotopic (exact) mass is 352 g/mol. The number of carboxylic acids is 1. The van der Waals surface area contributed by atoms with Crippen LogP contribution in [0.5, 0.6) is 0 Å². The van der Waals surface area contributed by atoms with Crippen molar-refractivity contribution < 1.29 is 19.5 Å². The van der Waals surface area contributed by atoms with Crippen LogP contribution in [0.3, 0.4) is 0 Å². The topological polar surface area (TPSA) is 77.9 Å². The molecule has 0 radical (unpaired) electrons. The van der Waals surface area contributed by atoms with Crippen LogP contribution in [0, 0.1) is 11.3 Å². The molecule has 0 bridgehead atoms. The van der Waals surface area contributed by atoms with E-state index < -0.39 is 11.4 Å². The molecule has 2 aliphatic rings. The first kappa shape index (κ1) is 19.7. The molecule has 1 heterocycles. The number of nitrogens with zero attached hydrogens (tertiary/aromatic N) is 2. The number of piperazine rings is 1. The van der Waals surface area contributed by atoms with E-state index in [0.717, 1.165) is 25.7 Å². The zero-order valence-electron chi connectivity index (χ0n) is 15.6. The summed E-state index contributed by atoms with van der Waals surface area (Å²) in [5, 5.41) is 9.51. The maximum absolute atomic E-state index is 12.6. The van der Waals surface area contributed by atoms with Gasteiger partial charge in [0.2, 0.25) is 11.8 Å². The number of carbonyl (C=O) groups is 3. The normalized spacial score (nSPS) is 19.8. The van der Waals surface area contributed by atoms with Gasteiger partial charge in [0.15, 0.2) is 0 Å². The Labute approximate surface area is 150 Å². The summed E-state index contributed by atoms with van der Waals surface area (Å²) in [5.74, 6) is -0.586. The molecule has 0 spiro atoms. The number of hydrogen-bond acceptors (Lipinski definition) is 3. The molecule has 0 unspecified atom stereocenters. The third-order valence-corrected chi connectivity index (χ3v) is 6.20. The molecule has 1 saturated carbocycles. The number of rotatable bonds is 6. The van der Waals surface area contributed by atoms with Gasteiger partial charge in [0, 0.05) is 38.5 Å². The molecule has 1 N–H and O–H groups in total. The summed E-state index contributed by atoms with van der Waals surface area (Å²) in [4.78, 5) is 40.4. The zero-order valence-corrected chi connectivity index (χ0v) is 15.6. The van der Waals surface area contributed by atoms with Crippen molar-refractivity contribution >= 4 is 17.8 Å². The third-order valence-electron chi connectivity index (χ3n) is 6.20. The fourth-order valence-corrected chi connectivity index (χ4v) is 4.06. The van der Waals surface area contributed by atoms with Crippen molar-refractivity contribution in [2.75, 3.05) is 26.2 Å². The van der Waals surface area contributed by atoms with Crippen LogP contribution >= 0.6 is 0 Å². The second-order valence-electron chi connectivity index (χ2n) is 7.51. The van der Waals surface area contributed by atoms with E-state index in [1.54, 1.807) is 4.90 Å². The maximum Gasteiger partial charge on any atom is 0.310 e. The molecule has 1 aliphatic carbocycles. The molecule has 2 amide bonds. The summed E-state index contributed by atoms with van der Waals surface area (Å²) < 4.78 is 0. The summed E-state index contributed by atoms with van der Waals surface area (Å²) >= 11 is 0. The van der Waals surface area contributed by atoms with E-state index in [2.05, 4.69) is 0 Å². The average molecular weight is 352 g/mol. The highest BCUT2D eigenvalue weighted by atomic mass is 16.4. The van der Waals surface area contributed by atoms with Gasteiger partial charge in [-0.2, -0.15) is 0 Å². The van der Waals surface area contributed by atoms with Crippen LogP contribution < -0.4 is 0 Å². The molecule has 6 nitrogen and oxygen atoms in total. The molecule has 2 rings (SSSR count). The molecule has 142 valence electrons. The summed E-state index contributed by atoms with van der Waals surface area (Å²) in [7, 11) is 0. The van der Waals surface area contributed by atoms with Gasteiger partial charge in [-0.3, -0.25) is 14.4 Å². The Morgan fingerprint density at radius 3 is 1.92 bits per heavy atom. The summed E-state index contributed by atoms with van der Waals surface area (Å²) in [6.45, 7) is 5.82. The van der Waals surface area contributed by atoms with Crippen molar-refractivity contribution in [3.8, 4) is 0 Å². The summed E-state index contributed by atoms with van der Waals surface area (Å²) in [6, 6.07) is 0. The van der Waals surface area contributed by atoms with Gasteiger partial charge in [-0.25, -0.2) is 0 Å². The van der Waals surface area contributed by atoms with Crippen LogP contribution in [0.15, 0.2) is 0 Å². The van der Waals surface area contributed by atoms with Crippen molar-refractivity contribution in [2.45, 2.75) is 65.2 Å². The molecule has 6 heteroatoms. The molecule has 0 aromatic heterocycles. The Balaban J connectivity index is 1.87. The van der Waals surface area contributed by atoms with E-state index >= 15 is 0 Å². The molecular weight excluding hydrogens is 320 g/mol. The first-order valence-corrected chi connectivity index (χ1v) is 9.73. The van der Waals surface area contributed by atoms with Crippen LogP contribution in [0.2, 0.25) is 0 Å². The van der Waals surface area contributed by atoms with Crippen LogP contribution in [0.1, 0.15) is 65.2 Å². The van der Waals surface area contributed by atoms with Crippen LogP contribution in [0.25, 0.3) is 0 Å². The lowest BCUT2D eigenvalue weighted by Gasteiger charge is -2.38. The van der Waals surface area contributed by atoms with Gasteiger partial charge >= 0.3 is 5.97 Å². The highest BCUT2D eigenvalue weighted by Crippen LogP contribution is 2.32. The third kappa shape index (κ3) is 4.53. The molecule has 25 heavy (non-hydrogen) atoms. The second-order valence-corrected chi connectivity index (χ2v) is 7.51. The van der Waals surface area contributed by atoms with Gasteiger partial charge in [0.25, 0.3) is 0 Å². The lowest BCUT2D eigenvalue weighted by atomic mass is 9.79. The van der Waals surface area contributed by atoms with Crippen molar-refractivity contribution in [3.05, 3.63) is 0 Å². The molecule has 0 aromatic rings. The Kier molecular flexibility index (Phi) is 6.85. The molecule has 0 aromatic carbocycles. The van der Waals surface area contributed by atoms with E-state index in [4.69, 9.17) is 0 Å². The Bertz CT molecular complexity index is 488. The van der Waals surface area contributed by atoms with E-state index in [1.807, 2.05) is 18.7 Å². The maximum atomic E-state index is 12.6. The fourth-order valence-electron chi connectivity index (χ4n) is 4.06. The average Bonchev–Trinajstić information content (AvgIpc) is 2.66. The first-order chi connectivity index (χ1) is 11.9. The number of hydrogen-bond donors (Lipinski definition) is 1. The van der Waals surface area contributed by atoms with E-state index in [9.17, 15) is 19.5 Å². The molecule has 2 fully saturated rings. The highest BCUT2D eigenvalue weighted by Gasteiger charge is 2.39. The van der Waals surface area contributed by atoms with Gasteiger partial charge in [0.1, 0.15) is 0 Å². The molecular formula is C19H32N2O4. The van der Waals surface area contributed by atoms with Crippen LogP contribution in [-0.2, 0) is 14.4 Å². The van der Waals surface area contributed by atoms with Gasteiger partial charge in [0.05, 0.1) is 5.41 Å². The minimum Gasteiger partial charge on any atom is -0.481 e. The summed E-state index contributed by atoms with van der Waals surface area (Å²) in [6.07, 6.45) is 6.44. The van der Waals surface area contributed by atoms with E-state index in [1.165, 1.54) is 6.42 Å². The van der Waals surface area contributed by atoms with Crippen molar-refractivity contribution in [1.82, 2.24) is 9.80 Å². The Morgan fingerprint density at radius 2 is 1.44 bits per heavy atom. The fraction of sp³-hybridized carbons (Fsp3) is 0.842. The minimum absolute atomic E-state index is 0.0475. The van der Waals surface area contributed by atoms with Crippen LogP contribution in [-0.4, -0.2) is 58.9 Å². The summed E-state index contributed by atoms with van der Waals surface area (Å²) in [5.41, 5.74) is -0.966. The Hall–Kier alpha value is -1.59. The van der Waals surface area contributed by atoms with Gasteiger partial charge < -0.3 is 14.9 Å². The number of amides is 2. The lowest BCUT2D eigenvalue weighted by molar-refractivity contribution is -0.155. The first-order valence-electron chi connectivity index (χ1n) is 9.73. The lowest BCUT2D eigenvalue weighted by Crippen LogP contribution is -2.53. The van der Waals surface area contributed by atoms with Crippen LogP contribution in [0.4, 0.5) is 0 Å².